The van der Waals surface area contributed by atoms with Gasteiger partial charge in [0.15, 0.2) is 0 Å². The Labute approximate surface area is 180 Å². The van der Waals surface area contributed by atoms with E-state index < -0.39 is 6.04 Å². The summed E-state index contributed by atoms with van der Waals surface area (Å²) in [5.74, 6) is -0.410. The highest BCUT2D eigenvalue weighted by molar-refractivity contribution is 5.98. The molecule has 2 aliphatic rings. The van der Waals surface area contributed by atoms with Crippen LogP contribution in [0.4, 0.5) is 4.39 Å². The molecule has 0 fully saturated rings. The lowest BCUT2D eigenvalue weighted by molar-refractivity contribution is -0.133. The summed E-state index contributed by atoms with van der Waals surface area (Å²) >= 11 is 0. The highest BCUT2D eigenvalue weighted by atomic mass is 19.1. The average molecular weight is 414 g/mol. The van der Waals surface area contributed by atoms with Crippen molar-refractivity contribution < 1.29 is 14.0 Å². The van der Waals surface area contributed by atoms with E-state index in [2.05, 4.69) is 12.1 Å². The second-order valence-corrected chi connectivity index (χ2v) is 8.20. The van der Waals surface area contributed by atoms with Crippen molar-refractivity contribution in [2.75, 3.05) is 6.54 Å². The van der Waals surface area contributed by atoms with Gasteiger partial charge in [-0.3, -0.25) is 9.59 Å². The Hall–Kier alpha value is -3.47. The highest BCUT2D eigenvalue weighted by Crippen LogP contribution is 2.34. The molecule has 0 radical (unpaired) electrons. The molecule has 0 aliphatic carbocycles. The first-order chi connectivity index (χ1) is 15.1. The summed E-state index contributed by atoms with van der Waals surface area (Å²) in [5, 5.41) is 0. The molecule has 4 nitrogen and oxygen atoms in total. The lowest BCUT2D eigenvalue weighted by atomic mass is 9.97. The van der Waals surface area contributed by atoms with E-state index in [0.717, 1.165) is 17.5 Å². The number of amides is 2. The normalized spacial score (nSPS) is 16.1. The maximum absolute atomic E-state index is 13.6. The molecule has 0 aromatic heterocycles. The monoisotopic (exact) mass is 414 g/mol. The minimum absolute atomic E-state index is 0.00702. The SMILES string of the molecule is O=C(C[C@@H](c1ccc(F)cc1)N1Cc2ccccc2C1=O)N1CCc2ccccc2C1. The third kappa shape index (κ3) is 3.72. The van der Waals surface area contributed by atoms with Gasteiger partial charge < -0.3 is 9.80 Å². The molecule has 0 saturated carbocycles. The van der Waals surface area contributed by atoms with Crippen molar-refractivity contribution in [2.24, 2.45) is 0 Å². The summed E-state index contributed by atoms with van der Waals surface area (Å²) in [7, 11) is 0. The maximum atomic E-state index is 13.6. The van der Waals surface area contributed by atoms with Gasteiger partial charge in [-0.25, -0.2) is 4.39 Å². The molecule has 2 amide bonds. The molecule has 3 aromatic rings. The molecule has 2 heterocycles. The summed E-state index contributed by atoms with van der Waals surface area (Å²) in [6, 6.07) is 21.4. The van der Waals surface area contributed by atoms with Crippen molar-refractivity contribution in [2.45, 2.75) is 32.0 Å². The Morgan fingerprint density at radius 3 is 2.29 bits per heavy atom. The molecule has 0 spiro atoms. The third-order valence-corrected chi connectivity index (χ3v) is 6.33. The maximum Gasteiger partial charge on any atom is 0.255 e. The van der Waals surface area contributed by atoms with E-state index in [9.17, 15) is 14.0 Å². The fourth-order valence-corrected chi connectivity index (χ4v) is 4.62. The van der Waals surface area contributed by atoms with E-state index in [1.54, 1.807) is 17.0 Å². The first-order valence-corrected chi connectivity index (χ1v) is 10.6. The first kappa shape index (κ1) is 19.5. The van der Waals surface area contributed by atoms with Gasteiger partial charge in [-0.15, -0.1) is 0 Å². The first-order valence-electron chi connectivity index (χ1n) is 10.6. The number of carbonyl (C=O) groups excluding carboxylic acids is 2. The zero-order valence-electron chi connectivity index (χ0n) is 17.1. The summed E-state index contributed by atoms with van der Waals surface area (Å²) in [4.78, 5) is 30.0. The molecule has 0 bridgehead atoms. The Morgan fingerprint density at radius 1 is 0.871 bits per heavy atom. The summed E-state index contributed by atoms with van der Waals surface area (Å²) < 4.78 is 13.6. The van der Waals surface area contributed by atoms with Crippen LogP contribution in [0.5, 0.6) is 0 Å². The molecular weight excluding hydrogens is 391 g/mol. The number of rotatable bonds is 4. The zero-order chi connectivity index (χ0) is 21.4. The van der Waals surface area contributed by atoms with Crippen LogP contribution in [-0.4, -0.2) is 28.2 Å². The van der Waals surface area contributed by atoms with Crippen LogP contribution in [0, 0.1) is 5.82 Å². The van der Waals surface area contributed by atoms with Crippen LogP contribution in [-0.2, 0) is 24.3 Å². The van der Waals surface area contributed by atoms with E-state index in [4.69, 9.17) is 0 Å². The molecule has 2 aliphatic heterocycles. The number of carbonyl (C=O) groups is 2. The molecule has 5 heteroatoms. The molecule has 3 aromatic carbocycles. The quantitative estimate of drug-likeness (QED) is 0.631. The van der Waals surface area contributed by atoms with Gasteiger partial charge in [0.05, 0.1) is 12.5 Å². The van der Waals surface area contributed by atoms with Crippen molar-refractivity contribution in [1.82, 2.24) is 9.80 Å². The minimum atomic E-state index is -0.440. The highest BCUT2D eigenvalue weighted by Gasteiger charge is 2.35. The number of hydrogen-bond donors (Lipinski definition) is 0. The number of hydrogen-bond acceptors (Lipinski definition) is 2. The van der Waals surface area contributed by atoms with Crippen LogP contribution in [0.25, 0.3) is 0 Å². The third-order valence-electron chi connectivity index (χ3n) is 6.33. The average Bonchev–Trinajstić information content (AvgIpc) is 3.14. The molecule has 156 valence electrons. The summed E-state index contributed by atoms with van der Waals surface area (Å²) in [5.41, 5.74) is 4.86. The van der Waals surface area contributed by atoms with Gasteiger partial charge in [-0.05, 0) is 46.9 Å². The van der Waals surface area contributed by atoms with E-state index in [0.29, 0.717) is 25.2 Å². The predicted octanol–water partition coefficient (Wildman–Crippen LogP) is 4.50. The van der Waals surface area contributed by atoms with Gasteiger partial charge in [0.1, 0.15) is 5.82 Å². The molecule has 31 heavy (non-hydrogen) atoms. The largest absolute Gasteiger partial charge is 0.338 e. The second-order valence-electron chi connectivity index (χ2n) is 8.20. The van der Waals surface area contributed by atoms with Crippen LogP contribution in [0.15, 0.2) is 72.8 Å². The summed E-state index contributed by atoms with van der Waals surface area (Å²) in [6.45, 7) is 1.70. The standard InChI is InChI=1S/C26H23FN2O2/c27-22-11-9-19(10-12-22)24(29-17-21-7-3-4-8-23(21)26(29)31)15-25(30)28-14-13-18-5-1-2-6-20(18)16-28/h1-12,24H,13-17H2/t24-/m0/s1. The lowest BCUT2D eigenvalue weighted by Crippen LogP contribution is -2.39. The fourth-order valence-electron chi connectivity index (χ4n) is 4.62. The lowest BCUT2D eigenvalue weighted by Gasteiger charge is -2.33. The Balaban J connectivity index is 1.41. The predicted molar refractivity (Wildman–Crippen MR) is 116 cm³/mol. The number of fused-ring (bicyclic) bond motifs is 2. The van der Waals surface area contributed by atoms with Crippen molar-refractivity contribution in [3.8, 4) is 0 Å². The van der Waals surface area contributed by atoms with E-state index in [1.165, 1.54) is 23.3 Å². The van der Waals surface area contributed by atoms with Crippen LogP contribution >= 0.6 is 0 Å². The second kappa shape index (κ2) is 7.99. The smallest absolute Gasteiger partial charge is 0.255 e. The van der Waals surface area contributed by atoms with Crippen molar-refractivity contribution >= 4 is 11.8 Å². The van der Waals surface area contributed by atoms with E-state index >= 15 is 0 Å². The van der Waals surface area contributed by atoms with Crippen molar-refractivity contribution in [3.05, 3.63) is 106 Å². The molecule has 5 rings (SSSR count). The van der Waals surface area contributed by atoms with Crippen LogP contribution in [0.3, 0.4) is 0 Å². The van der Waals surface area contributed by atoms with E-state index in [1.807, 2.05) is 41.3 Å². The van der Waals surface area contributed by atoms with Crippen LogP contribution in [0.2, 0.25) is 0 Å². The van der Waals surface area contributed by atoms with Gasteiger partial charge in [0, 0.05) is 25.2 Å². The Morgan fingerprint density at radius 2 is 1.55 bits per heavy atom. The number of benzene rings is 3. The van der Waals surface area contributed by atoms with Gasteiger partial charge in [-0.2, -0.15) is 0 Å². The molecule has 1 atom stereocenters. The Kier molecular flexibility index (Phi) is 5.02. The fraction of sp³-hybridized carbons (Fsp3) is 0.231. The van der Waals surface area contributed by atoms with Crippen molar-refractivity contribution in [1.29, 1.82) is 0 Å². The van der Waals surface area contributed by atoms with E-state index in [-0.39, 0.29) is 24.1 Å². The minimum Gasteiger partial charge on any atom is -0.338 e. The Bertz CT molecular complexity index is 1140. The molecule has 0 saturated heterocycles. The summed E-state index contributed by atoms with van der Waals surface area (Å²) in [6.07, 6.45) is 1.00. The molecule has 0 N–H and O–H groups in total. The molecule has 0 unspecified atom stereocenters. The van der Waals surface area contributed by atoms with Gasteiger partial charge >= 0.3 is 0 Å². The zero-order valence-corrected chi connectivity index (χ0v) is 17.1. The topological polar surface area (TPSA) is 40.6 Å². The van der Waals surface area contributed by atoms with Crippen LogP contribution in [0.1, 0.15) is 45.1 Å². The van der Waals surface area contributed by atoms with Gasteiger partial charge in [0.25, 0.3) is 5.91 Å². The van der Waals surface area contributed by atoms with Gasteiger partial charge in [0.2, 0.25) is 5.91 Å². The molecular formula is C26H23FN2O2. The number of nitrogens with zero attached hydrogens (tertiary/aromatic N) is 2. The number of halogens is 1. The van der Waals surface area contributed by atoms with Gasteiger partial charge in [-0.1, -0.05) is 54.6 Å². The van der Waals surface area contributed by atoms with Crippen molar-refractivity contribution in [3.63, 3.8) is 0 Å². The van der Waals surface area contributed by atoms with Crippen LogP contribution < -0.4 is 0 Å².